The summed E-state index contributed by atoms with van der Waals surface area (Å²) in [5.41, 5.74) is 0. The van der Waals surface area contributed by atoms with Crippen molar-refractivity contribution in [1.29, 1.82) is 0 Å². The van der Waals surface area contributed by atoms with Gasteiger partial charge in [-0.25, -0.2) is 0 Å². The van der Waals surface area contributed by atoms with Gasteiger partial charge in [0.15, 0.2) is 0 Å². The van der Waals surface area contributed by atoms with Gasteiger partial charge in [-0.2, -0.15) is 0 Å². The summed E-state index contributed by atoms with van der Waals surface area (Å²) in [6, 6.07) is 0.698. The SMILES string of the molecule is CCC(CC)CNC1CCCC(OC)C1. The minimum Gasteiger partial charge on any atom is -0.381 e. The predicted molar refractivity (Wildman–Crippen MR) is 65.1 cm³/mol. The average Bonchev–Trinajstić information content (AvgIpc) is 2.31. The third-order valence-electron chi connectivity index (χ3n) is 3.81. The third kappa shape index (κ3) is 4.52. The van der Waals surface area contributed by atoms with Gasteiger partial charge in [-0.1, -0.05) is 26.7 Å². The van der Waals surface area contributed by atoms with Crippen LogP contribution in [-0.4, -0.2) is 25.8 Å². The number of hydrogen-bond donors (Lipinski definition) is 1. The Labute approximate surface area is 94.8 Å². The maximum absolute atomic E-state index is 5.44. The van der Waals surface area contributed by atoms with E-state index in [1.165, 1.54) is 45.1 Å². The highest BCUT2D eigenvalue weighted by Crippen LogP contribution is 2.21. The Bertz CT molecular complexity index is 157. The molecule has 0 heterocycles. The van der Waals surface area contributed by atoms with Crippen LogP contribution in [0.25, 0.3) is 0 Å². The van der Waals surface area contributed by atoms with Gasteiger partial charge in [0.1, 0.15) is 0 Å². The Hall–Kier alpha value is -0.0800. The van der Waals surface area contributed by atoms with Crippen LogP contribution in [0.2, 0.25) is 0 Å². The Morgan fingerprint density at radius 1 is 1.27 bits per heavy atom. The maximum atomic E-state index is 5.44. The van der Waals surface area contributed by atoms with Crippen LogP contribution in [0.15, 0.2) is 0 Å². The topological polar surface area (TPSA) is 21.3 Å². The zero-order valence-corrected chi connectivity index (χ0v) is 10.6. The van der Waals surface area contributed by atoms with Crippen molar-refractivity contribution in [2.75, 3.05) is 13.7 Å². The third-order valence-corrected chi connectivity index (χ3v) is 3.81. The molecule has 0 aromatic carbocycles. The number of nitrogens with one attached hydrogen (secondary N) is 1. The van der Waals surface area contributed by atoms with Crippen molar-refractivity contribution in [2.24, 2.45) is 5.92 Å². The molecule has 1 rings (SSSR count). The molecule has 15 heavy (non-hydrogen) atoms. The van der Waals surface area contributed by atoms with E-state index in [-0.39, 0.29) is 0 Å². The Balaban J connectivity index is 2.20. The van der Waals surface area contributed by atoms with E-state index < -0.39 is 0 Å². The Morgan fingerprint density at radius 3 is 2.60 bits per heavy atom. The lowest BCUT2D eigenvalue weighted by atomic mass is 9.92. The first-order valence-corrected chi connectivity index (χ1v) is 6.56. The number of rotatable bonds is 6. The molecule has 0 bridgehead atoms. The number of methoxy groups -OCH3 is 1. The predicted octanol–water partition coefficient (Wildman–Crippen LogP) is 2.97. The minimum atomic E-state index is 0.498. The largest absolute Gasteiger partial charge is 0.381 e. The quantitative estimate of drug-likeness (QED) is 0.732. The van der Waals surface area contributed by atoms with Gasteiger partial charge in [0.2, 0.25) is 0 Å². The van der Waals surface area contributed by atoms with E-state index in [9.17, 15) is 0 Å². The second kappa shape index (κ2) is 7.24. The van der Waals surface area contributed by atoms with Crippen LogP contribution < -0.4 is 5.32 Å². The zero-order valence-electron chi connectivity index (χ0n) is 10.6. The molecule has 0 aliphatic heterocycles. The highest BCUT2D eigenvalue weighted by Gasteiger charge is 2.21. The standard InChI is InChI=1S/C13H27NO/c1-4-11(5-2)10-14-12-7-6-8-13(9-12)15-3/h11-14H,4-10H2,1-3H3. The van der Waals surface area contributed by atoms with Crippen LogP contribution in [0, 0.1) is 5.92 Å². The van der Waals surface area contributed by atoms with Gasteiger partial charge < -0.3 is 10.1 Å². The highest BCUT2D eigenvalue weighted by atomic mass is 16.5. The van der Waals surface area contributed by atoms with Gasteiger partial charge in [-0.15, -0.1) is 0 Å². The van der Waals surface area contributed by atoms with Crippen molar-refractivity contribution < 1.29 is 4.74 Å². The fraction of sp³-hybridized carbons (Fsp3) is 1.00. The molecular weight excluding hydrogens is 186 g/mol. The molecule has 0 radical (unpaired) electrons. The lowest BCUT2D eigenvalue weighted by Crippen LogP contribution is -2.39. The molecule has 0 saturated heterocycles. The van der Waals surface area contributed by atoms with Gasteiger partial charge in [-0.05, 0) is 38.1 Å². The maximum Gasteiger partial charge on any atom is 0.0586 e. The molecular formula is C13H27NO. The van der Waals surface area contributed by atoms with E-state index >= 15 is 0 Å². The van der Waals surface area contributed by atoms with Crippen LogP contribution in [0.4, 0.5) is 0 Å². The summed E-state index contributed by atoms with van der Waals surface area (Å²) in [6.45, 7) is 5.76. The Kier molecular flexibility index (Phi) is 6.26. The van der Waals surface area contributed by atoms with Crippen molar-refractivity contribution in [3.8, 4) is 0 Å². The molecule has 1 aliphatic rings. The second-order valence-electron chi connectivity index (χ2n) is 4.81. The summed E-state index contributed by atoms with van der Waals surface area (Å²) in [5.74, 6) is 0.855. The van der Waals surface area contributed by atoms with Gasteiger partial charge in [0, 0.05) is 13.2 Å². The summed E-state index contributed by atoms with van der Waals surface area (Å²) in [5, 5.41) is 3.71. The van der Waals surface area contributed by atoms with E-state index in [4.69, 9.17) is 4.74 Å². The monoisotopic (exact) mass is 213 g/mol. The summed E-state index contributed by atoms with van der Waals surface area (Å²) in [4.78, 5) is 0. The lowest BCUT2D eigenvalue weighted by Gasteiger charge is -2.30. The van der Waals surface area contributed by atoms with Gasteiger partial charge in [0.05, 0.1) is 6.10 Å². The van der Waals surface area contributed by atoms with Crippen LogP contribution >= 0.6 is 0 Å². The summed E-state index contributed by atoms with van der Waals surface area (Å²) >= 11 is 0. The van der Waals surface area contributed by atoms with E-state index in [1.54, 1.807) is 0 Å². The minimum absolute atomic E-state index is 0.498. The van der Waals surface area contributed by atoms with Crippen molar-refractivity contribution >= 4 is 0 Å². The molecule has 2 heteroatoms. The molecule has 1 N–H and O–H groups in total. The molecule has 0 amide bonds. The van der Waals surface area contributed by atoms with Crippen molar-refractivity contribution in [3.05, 3.63) is 0 Å². The first-order valence-electron chi connectivity index (χ1n) is 6.56. The number of ether oxygens (including phenoxy) is 1. The van der Waals surface area contributed by atoms with Gasteiger partial charge >= 0.3 is 0 Å². The van der Waals surface area contributed by atoms with Gasteiger partial charge in [-0.3, -0.25) is 0 Å². The summed E-state index contributed by atoms with van der Waals surface area (Å²) in [7, 11) is 1.84. The molecule has 1 fully saturated rings. The fourth-order valence-corrected chi connectivity index (χ4v) is 2.46. The van der Waals surface area contributed by atoms with Crippen molar-refractivity contribution in [1.82, 2.24) is 5.32 Å². The molecule has 2 nitrogen and oxygen atoms in total. The van der Waals surface area contributed by atoms with E-state index in [2.05, 4.69) is 19.2 Å². The molecule has 0 spiro atoms. The fourth-order valence-electron chi connectivity index (χ4n) is 2.46. The van der Waals surface area contributed by atoms with Crippen LogP contribution in [0.5, 0.6) is 0 Å². The molecule has 0 aromatic heterocycles. The second-order valence-corrected chi connectivity index (χ2v) is 4.81. The van der Waals surface area contributed by atoms with Crippen LogP contribution in [0.3, 0.4) is 0 Å². The number of hydrogen-bond acceptors (Lipinski definition) is 2. The van der Waals surface area contributed by atoms with E-state index in [0.717, 1.165) is 5.92 Å². The van der Waals surface area contributed by atoms with Crippen LogP contribution in [-0.2, 0) is 4.74 Å². The summed E-state index contributed by atoms with van der Waals surface area (Å²) < 4.78 is 5.44. The first kappa shape index (κ1) is 13.0. The molecule has 1 saturated carbocycles. The van der Waals surface area contributed by atoms with Crippen molar-refractivity contribution in [3.63, 3.8) is 0 Å². The van der Waals surface area contributed by atoms with Gasteiger partial charge in [0.25, 0.3) is 0 Å². The smallest absolute Gasteiger partial charge is 0.0586 e. The molecule has 0 aromatic rings. The van der Waals surface area contributed by atoms with Crippen molar-refractivity contribution in [2.45, 2.75) is 64.5 Å². The normalized spacial score (nSPS) is 27.2. The Morgan fingerprint density at radius 2 is 2.00 bits per heavy atom. The summed E-state index contributed by atoms with van der Waals surface area (Å²) in [6.07, 6.45) is 8.20. The average molecular weight is 213 g/mol. The van der Waals surface area contributed by atoms with E-state index in [1.807, 2.05) is 7.11 Å². The first-order chi connectivity index (χ1) is 7.30. The molecule has 1 aliphatic carbocycles. The molecule has 2 atom stereocenters. The van der Waals surface area contributed by atoms with Crippen LogP contribution in [0.1, 0.15) is 52.4 Å². The van der Waals surface area contributed by atoms with E-state index in [0.29, 0.717) is 12.1 Å². The lowest BCUT2D eigenvalue weighted by molar-refractivity contribution is 0.0582. The zero-order chi connectivity index (χ0) is 11.1. The molecule has 90 valence electrons. The molecule has 2 unspecified atom stereocenters. The highest BCUT2D eigenvalue weighted by molar-refractivity contribution is 4.78.